The quantitative estimate of drug-likeness (QED) is 0.508. The highest BCUT2D eigenvalue weighted by Crippen LogP contribution is 2.35. The Balaban J connectivity index is 1.53. The molecule has 10 heteroatoms. The van der Waals surface area contributed by atoms with E-state index in [1.807, 2.05) is 11.8 Å². The number of carbonyl (C=O) groups excluding carboxylic acids is 1. The summed E-state index contributed by atoms with van der Waals surface area (Å²) >= 11 is 0. The first-order valence-corrected chi connectivity index (χ1v) is 12.4. The van der Waals surface area contributed by atoms with E-state index in [4.69, 9.17) is 4.98 Å². The molecule has 7 nitrogen and oxygen atoms in total. The van der Waals surface area contributed by atoms with E-state index in [0.717, 1.165) is 38.1 Å². The first-order chi connectivity index (χ1) is 17.4. The smallest absolute Gasteiger partial charge is 0.337 e. The Morgan fingerprint density at radius 1 is 1.03 bits per heavy atom. The van der Waals surface area contributed by atoms with Gasteiger partial charge in [0.25, 0.3) is 5.91 Å². The van der Waals surface area contributed by atoms with Crippen LogP contribution < -0.4 is 0 Å². The third kappa shape index (κ3) is 4.74. The Morgan fingerprint density at radius 2 is 1.72 bits per heavy atom. The van der Waals surface area contributed by atoms with E-state index >= 15 is 0 Å². The maximum absolute atomic E-state index is 13.9. The normalized spacial score (nSPS) is 17.6. The topological polar surface area (TPSA) is 67.2 Å². The summed E-state index contributed by atoms with van der Waals surface area (Å²) in [6, 6.07) is 5.56. The number of aromatic nitrogens is 4. The van der Waals surface area contributed by atoms with Crippen LogP contribution in [0, 0.1) is 0 Å². The van der Waals surface area contributed by atoms with Crippen molar-refractivity contribution in [1.82, 2.24) is 29.3 Å². The van der Waals surface area contributed by atoms with Crippen LogP contribution in [0.4, 0.5) is 13.2 Å². The number of nitrogens with zero attached hydrogens (tertiary/aromatic N) is 6. The van der Waals surface area contributed by atoms with Gasteiger partial charge in [0.2, 0.25) is 0 Å². The number of likely N-dealkylation sites (tertiary alicyclic amines) is 2. The van der Waals surface area contributed by atoms with Gasteiger partial charge >= 0.3 is 6.18 Å². The van der Waals surface area contributed by atoms with Crippen molar-refractivity contribution in [3.63, 3.8) is 0 Å². The van der Waals surface area contributed by atoms with Crippen molar-refractivity contribution in [2.45, 2.75) is 51.4 Å². The van der Waals surface area contributed by atoms with Crippen molar-refractivity contribution in [2.24, 2.45) is 0 Å². The van der Waals surface area contributed by atoms with Crippen molar-refractivity contribution in [1.29, 1.82) is 0 Å². The zero-order valence-electron chi connectivity index (χ0n) is 20.2. The molecule has 2 fully saturated rings. The van der Waals surface area contributed by atoms with Crippen molar-refractivity contribution in [3.8, 4) is 22.6 Å². The molecule has 1 aromatic carbocycles. The van der Waals surface area contributed by atoms with Gasteiger partial charge in [-0.1, -0.05) is 12.1 Å². The maximum Gasteiger partial charge on any atom is 0.416 e. The van der Waals surface area contributed by atoms with E-state index in [2.05, 4.69) is 14.9 Å². The maximum atomic E-state index is 13.9. The molecule has 2 aromatic heterocycles. The van der Waals surface area contributed by atoms with E-state index in [0.29, 0.717) is 54.0 Å². The lowest BCUT2D eigenvalue weighted by molar-refractivity contribution is -0.137. The molecule has 4 heterocycles. The molecule has 3 aromatic rings. The van der Waals surface area contributed by atoms with Gasteiger partial charge in [-0.2, -0.15) is 13.2 Å². The van der Waals surface area contributed by atoms with Gasteiger partial charge in [0, 0.05) is 49.2 Å². The Labute approximate surface area is 208 Å². The van der Waals surface area contributed by atoms with Gasteiger partial charge in [-0.3, -0.25) is 4.79 Å². The molecule has 5 rings (SSSR count). The molecular formula is C26H29F3N6O. The third-order valence-corrected chi connectivity index (χ3v) is 7.18. The number of hydrogen-bond acceptors (Lipinski definition) is 5. The molecule has 2 aliphatic heterocycles. The molecule has 2 aliphatic rings. The van der Waals surface area contributed by atoms with Crippen molar-refractivity contribution < 1.29 is 18.0 Å². The summed E-state index contributed by atoms with van der Waals surface area (Å²) in [5.41, 5.74) is 0.841. The lowest BCUT2D eigenvalue weighted by atomic mass is 10.0. The first kappa shape index (κ1) is 24.4. The Morgan fingerprint density at radius 3 is 2.36 bits per heavy atom. The lowest BCUT2D eigenvalue weighted by Crippen LogP contribution is -2.46. The highest BCUT2D eigenvalue weighted by Gasteiger charge is 2.34. The highest BCUT2D eigenvalue weighted by atomic mass is 19.4. The SMILES string of the molecule is CCn1c(-c2cccc(C(F)(F)F)c2)nc(-c2cncnc2)c1C(=O)N1CCC(N2CCCC2)CC1. The standard InChI is InChI=1S/C26H29F3N6O/c1-2-35-23(25(36)34-12-8-21(9-13-34)33-10-3-4-11-33)22(19-15-30-17-31-16-19)32-24(35)18-6-5-7-20(14-18)26(27,28)29/h5-7,14-17,21H,2-4,8-13H2,1H3. The fourth-order valence-corrected chi connectivity index (χ4v) is 5.35. The summed E-state index contributed by atoms with van der Waals surface area (Å²) in [5, 5.41) is 0. The Bertz CT molecular complexity index is 1210. The molecule has 0 aliphatic carbocycles. The van der Waals surface area contributed by atoms with Crippen molar-refractivity contribution in [2.75, 3.05) is 26.2 Å². The van der Waals surface area contributed by atoms with Gasteiger partial charge in [0.05, 0.1) is 5.56 Å². The first-order valence-electron chi connectivity index (χ1n) is 12.4. The summed E-state index contributed by atoms with van der Waals surface area (Å²) in [4.78, 5) is 31.1. The second-order valence-corrected chi connectivity index (χ2v) is 9.35. The second-order valence-electron chi connectivity index (χ2n) is 9.35. The zero-order chi connectivity index (χ0) is 25.3. The number of rotatable bonds is 5. The zero-order valence-corrected chi connectivity index (χ0v) is 20.2. The number of amides is 1. The van der Waals surface area contributed by atoms with Crippen LogP contribution in [0.25, 0.3) is 22.6 Å². The van der Waals surface area contributed by atoms with Crippen LogP contribution in [0.5, 0.6) is 0 Å². The van der Waals surface area contributed by atoms with E-state index < -0.39 is 11.7 Å². The fourth-order valence-electron chi connectivity index (χ4n) is 5.35. The van der Waals surface area contributed by atoms with Crippen LogP contribution in [0.1, 0.15) is 48.7 Å². The van der Waals surface area contributed by atoms with Gasteiger partial charge in [-0.25, -0.2) is 15.0 Å². The molecule has 36 heavy (non-hydrogen) atoms. The molecule has 190 valence electrons. The monoisotopic (exact) mass is 498 g/mol. The summed E-state index contributed by atoms with van der Waals surface area (Å²) in [5.74, 6) is 0.152. The minimum Gasteiger partial charge on any atom is -0.337 e. The fraction of sp³-hybridized carbons (Fsp3) is 0.462. The highest BCUT2D eigenvalue weighted by molar-refractivity contribution is 5.99. The number of halogens is 3. The number of carbonyl (C=O) groups is 1. The predicted octanol–water partition coefficient (Wildman–Crippen LogP) is 4.75. The van der Waals surface area contributed by atoms with E-state index in [1.165, 1.54) is 25.2 Å². The minimum atomic E-state index is -4.48. The predicted molar refractivity (Wildman–Crippen MR) is 129 cm³/mol. The third-order valence-electron chi connectivity index (χ3n) is 7.18. The van der Waals surface area contributed by atoms with Gasteiger partial charge < -0.3 is 14.4 Å². The Hall–Kier alpha value is -3.27. The van der Waals surface area contributed by atoms with Crippen LogP contribution >= 0.6 is 0 Å². The van der Waals surface area contributed by atoms with Gasteiger partial charge in [-0.15, -0.1) is 0 Å². The molecule has 0 radical (unpaired) electrons. The number of imidazole rings is 1. The second kappa shape index (κ2) is 10.0. The van der Waals surface area contributed by atoms with Gasteiger partial charge in [-0.05, 0) is 57.8 Å². The molecule has 0 saturated carbocycles. The summed E-state index contributed by atoms with van der Waals surface area (Å²) in [6.45, 7) is 5.76. The summed E-state index contributed by atoms with van der Waals surface area (Å²) in [7, 11) is 0. The average molecular weight is 499 g/mol. The number of hydrogen-bond donors (Lipinski definition) is 0. The molecule has 0 bridgehead atoms. The van der Waals surface area contributed by atoms with Gasteiger partial charge in [0.1, 0.15) is 23.5 Å². The summed E-state index contributed by atoms with van der Waals surface area (Å²) < 4.78 is 42.0. The molecule has 1 amide bonds. The molecular weight excluding hydrogens is 469 g/mol. The number of piperidine rings is 1. The lowest BCUT2D eigenvalue weighted by Gasteiger charge is -2.36. The van der Waals surface area contributed by atoms with E-state index in [-0.39, 0.29) is 5.91 Å². The van der Waals surface area contributed by atoms with Crippen LogP contribution in [-0.2, 0) is 12.7 Å². The van der Waals surface area contributed by atoms with Crippen LogP contribution in [0.2, 0.25) is 0 Å². The minimum absolute atomic E-state index is 0.165. The molecule has 2 saturated heterocycles. The van der Waals surface area contributed by atoms with Crippen molar-refractivity contribution >= 4 is 5.91 Å². The number of alkyl halides is 3. The molecule has 0 N–H and O–H groups in total. The van der Waals surface area contributed by atoms with E-state index in [1.54, 1.807) is 23.0 Å². The van der Waals surface area contributed by atoms with Crippen molar-refractivity contribution in [3.05, 3.63) is 54.2 Å². The van der Waals surface area contributed by atoms with Gasteiger partial charge in [0.15, 0.2) is 0 Å². The summed E-state index contributed by atoms with van der Waals surface area (Å²) in [6.07, 6.45) is 4.34. The van der Waals surface area contributed by atoms with Crippen LogP contribution in [0.3, 0.4) is 0 Å². The number of benzene rings is 1. The van der Waals surface area contributed by atoms with Crippen LogP contribution in [-0.4, -0.2) is 67.4 Å². The largest absolute Gasteiger partial charge is 0.416 e. The molecule has 0 unspecified atom stereocenters. The van der Waals surface area contributed by atoms with E-state index in [9.17, 15) is 18.0 Å². The Kier molecular flexibility index (Phi) is 6.79. The average Bonchev–Trinajstić information content (AvgIpc) is 3.57. The van der Waals surface area contributed by atoms with Crippen LogP contribution in [0.15, 0.2) is 43.0 Å². The molecule has 0 spiro atoms. The molecule has 0 atom stereocenters.